The van der Waals surface area contributed by atoms with Crippen molar-refractivity contribution in [3.63, 3.8) is 0 Å². The first-order valence-corrected chi connectivity index (χ1v) is 8.98. The van der Waals surface area contributed by atoms with Gasteiger partial charge in [0, 0.05) is 16.7 Å². The number of nitrogens with one attached hydrogen (secondary N) is 1. The maximum absolute atomic E-state index is 13.3. The molecular formula is C22H27NO3. The third-order valence-electron chi connectivity index (χ3n) is 5.03. The molecule has 0 aromatic heterocycles. The summed E-state index contributed by atoms with van der Waals surface area (Å²) in [5.74, 6) is -0.364. The topological polar surface area (TPSA) is 66.4 Å². The Bertz CT molecular complexity index is 815. The van der Waals surface area contributed by atoms with Gasteiger partial charge in [0.25, 0.3) is 5.91 Å². The molecule has 2 N–H and O–H groups in total. The van der Waals surface area contributed by atoms with Gasteiger partial charge in [-0.1, -0.05) is 37.1 Å². The maximum Gasteiger partial charge on any atom is 0.252 e. The monoisotopic (exact) mass is 353 g/mol. The number of aryl methyl sites for hydroxylation is 2. The van der Waals surface area contributed by atoms with Crippen LogP contribution in [0.5, 0.6) is 5.75 Å². The molecule has 4 nitrogen and oxygen atoms in total. The Hall–Kier alpha value is -2.62. The molecule has 0 atom stereocenters. The molecule has 0 aliphatic heterocycles. The number of aromatic hydroxyl groups is 1. The molecule has 0 fully saturated rings. The van der Waals surface area contributed by atoms with Crippen LogP contribution in [0, 0.1) is 20.8 Å². The van der Waals surface area contributed by atoms with Crippen molar-refractivity contribution in [2.75, 3.05) is 0 Å². The first kappa shape index (κ1) is 19.7. The summed E-state index contributed by atoms with van der Waals surface area (Å²) in [6.07, 6.45) is 0.970. The lowest BCUT2D eigenvalue weighted by Gasteiger charge is -2.32. The van der Waals surface area contributed by atoms with Crippen molar-refractivity contribution >= 4 is 11.7 Å². The molecular weight excluding hydrogens is 326 g/mol. The highest BCUT2D eigenvalue weighted by Gasteiger charge is 2.37. The summed E-state index contributed by atoms with van der Waals surface area (Å²) >= 11 is 0. The minimum atomic E-state index is -0.977. The van der Waals surface area contributed by atoms with Gasteiger partial charge in [0.05, 0.1) is 0 Å². The van der Waals surface area contributed by atoms with Crippen LogP contribution in [0.25, 0.3) is 0 Å². The van der Waals surface area contributed by atoms with Crippen LogP contribution in [0.2, 0.25) is 0 Å². The van der Waals surface area contributed by atoms with E-state index in [1.54, 1.807) is 25.1 Å². The largest absolute Gasteiger partial charge is 0.508 e. The maximum atomic E-state index is 13.3. The number of hydrogen-bond acceptors (Lipinski definition) is 3. The van der Waals surface area contributed by atoms with Crippen LogP contribution in [0.4, 0.5) is 0 Å². The van der Waals surface area contributed by atoms with E-state index in [1.165, 1.54) is 0 Å². The standard InChI is InChI=1S/C22H27NO3/c1-6-22(7-2,20(25)17-12-14(3)11-15(4)13-17)23-21(26)18-9-8-10-19(24)16(18)5/h8-13,24H,6-7H2,1-5H3,(H,23,26). The second kappa shape index (κ2) is 7.73. The lowest BCUT2D eigenvalue weighted by molar-refractivity contribution is 0.0753. The number of phenolic OH excluding ortho intramolecular Hbond substituents is 1. The van der Waals surface area contributed by atoms with Gasteiger partial charge in [-0.15, -0.1) is 0 Å². The minimum Gasteiger partial charge on any atom is -0.508 e. The van der Waals surface area contributed by atoms with E-state index in [-0.39, 0.29) is 17.4 Å². The molecule has 0 heterocycles. The molecule has 1 amide bonds. The Balaban J connectivity index is 2.41. The smallest absolute Gasteiger partial charge is 0.252 e. The number of phenols is 1. The molecule has 26 heavy (non-hydrogen) atoms. The first-order valence-electron chi connectivity index (χ1n) is 8.98. The minimum absolute atomic E-state index is 0.0666. The van der Waals surface area contributed by atoms with E-state index < -0.39 is 5.54 Å². The number of benzene rings is 2. The van der Waals surface area contributed by atoms with Gasteiger partial charge in [0.1, 0.15) is 11.3 Å². The SMILES string of the molecule is CCC(CC)(NC(=O)c1cccc(O)c1C)C(=O)c1cc(C)cc(C)c1. The molecule has 0 spiro atoms. The fraction of sp³-hybridized carbons (Fsp3) is 0.364. The fourth-order valence-electron chi connectivity index (χ4n) is 3.34. The average Bonchev–Trinajstić information content (AvgIpc) is 2.60. The number of Topliss-reactive ketones (excluding diaryl/α,β-unsaturated/α-hetero) is 1. The molecule has 4 heteroatoms. The fourth-order valence-corrected chi connectivity index (χ4v) is 3.34. The Morgan fingerprint density at radius 3 is 2.12 bits per heavy atom. The highest BCUT2D eigenvalue weighted by atomic mass is 16.3. The summed E-state index contributed by atoms with van der Waals surface area (Å²) < 4.78 is 0. The van der Waals surface area contributed by atoms with Gasteiger partial charge in [0.15, 0.2) is 5.78 Å². The van der Waals surface area contributed by atoms with E-state index in [0.717, 1.165) is 11.1 Å². The van der Waals surface area contributed by atoms with Gasteiger partial charge >= 0.3 is 0 Å². The van der Waals surface area contributed by atoms with Crippen LogP contribution in [0.3, 0.4) is 0 Å². The molecule has 2 rings (SSSR count). The molecule has 0 bridgehead atoms. The molecule has 138 valence electrons. The number of amides is 1. The van der Waals surface area contributed by atoms with Gasteiger partial charge in [-0.2, -0.15) is 0 Å². The number of carbonyl (C=O) groups excluding carboxylic acids is 2. The zero-order chi connectivity index (χ0) is 19.5. The molecule has 2 aromatic carbocycles. The Morgan fingerprint density at radius 2 is 1.58 bits per heavy atom. The second-order valence-corrected chi connectivity index (χ2v) is 6.90. The van der Waals surface area contributed by atoms with E-state index >= 15 is 0 Å². The van der Waals surface area contributed by atoms with Gasteiger partial charge in [-0.3, -0.25) is 9.59 Å². The summed E-state index contributed by atoms with van der Waals surface area (Å²) in [5, 5.41) is 12.8. The Morgan fingerprint density at radius 1 is 1.00 bits per heavy atom. The predicted octanol–water partition coefficient (Wildman–Crippen LogP) is 4.49. The van der Waals surface area contributed by atoms with Crippen molar-refractivity contribution in [1.82, 2.24) is 5.32 Å². The van der Waals surface area contributed by atoms with Crippen molar-refractivity contribution in [3.8, 4) is 5.75 Å². The van der Waals surface area contributed by atoms with Gasteiger partial charge in [-0.25, -0.2) is 0 Å². The summed E-state index contributed by atoms with van der Waals surface area (Å²) in [6.45, 7) is 9.41. The van der Waals surface area contributed by atoms with E-state index in [0.29, 0.717) is 29.5 Å². The van der Waals surface area contributed by atoms with Crippen LogP contribution < -0.4 is 5.32 Å². The lowest BCUT2D eigenvalue weighted by Crippen LogP contribution is -2.53. The van der Waals surface area contributed by atoms with Crippen LogP contribution in [0.15, 0.2) is 36.4 Å². The Labute approximate surface area is 155 Å². The van der Waals surface area contributed by atoms with Crippen molar-refractivity contribution in [3.05, 3.63) is 64.2 Å². The molecule has 0 aliphatic carbocycles. The van der Waals surface area contributed by atoms with E-state index in [2.05, 4.69) is 5.32 Å². The average molecular weight is 353 g/mol. The van der Waals surface area contributed by atoms with Crippen molar-refractivity contribution < 1.29 is 14.7 Å². The van der Waals surface area contributed by atoms with E-state index in [1.807, 2.05) is 45.9 Å². The molecule has 0 unspecified atom stereocenters. The molecule has 0 saturated heterocycles. The number of ketones is 1. The first-order chi connectivity index (χ1) is 12.2. The van der Waals surface area contributed by atoms with Crippen molar-refractivity contribution in [1.29, 1.82) is 0 Å². The number of rotatable bonds is 6. The molecule has 0 radical (unpaired) electrons. The van der Waals surface area contributed by atoms with Crippen LogP contribution in [-0.2, 0) is 0 Å². The quantitative estimate of drug-likeness (QED) is 0.752. The summed E-state index contributed by atoms with van der Waals surface area (Å²) in [6, 6.07) is 10.6. The summed E-state index contributed by atoms with van der Waals surface area (Å²) in [5.41, 5.74) is 2.55. The molecule has 0 saturated carbocycles. The zero-order valence-electron chi connectivity index (χ0n) is 16.1. The van der Waals surface area contributed by atoms with Crippen molar-refractivity contribution in [2.24, 2.45) is 0 Å². The third-order valence-corrected chi connectivity index (χ3v) is 5.03. The van der Waals surface area contributed by atoms with Crippen LogP contribution in [0.1, 0.15) is 64.1 Å². The number of hydrogen-bond donors (Lipinski definition) is 2. The second-order valence-electron chi connectivity index (χ2n) is 6.90. The molecule has 2 aromatic rings. The predicted molar refractivity (Wildman–Crippen MR) is 104 cm³/mol. The van der Waals surface area contributed by atoms with E-state index in [9.17, 15) is 14.7 Å². The highest BCUT2D eigenvalue weighted by molar-refractivity contribution is 6.07. The van der Waals surface area contributed by atoms with Crippen molar-refractivity contribution in [2.45, 2.75) is 53.0 Å². The molecule has 0 aliphatic rings. The number of carbonyl (C=O) groups is 2. The summed E-state index contributed by atoms with van der Waals surface area (Å²) in [4.78, 5) is 26.1. The Kier molecular flexibility index (Phi) is 5.86. The van der Waals surface area contributed by atoms with E-state index in [4.69, 9.17) is 0 Å². The van der Waals surface area contributed by atoms with Crippen LogP contribution in [-0.4, -0.2) is 22.3 Å². The van der Waals surface area contributed by atoms with Crippen LogP contribution >= 0.6 is 0 Å². The van der Waals surface area contributed by atoms with Gasteiger partial charge in [0.2, 0.25) is 0 Å². The summed E-state index contributed by atoms with van der Waals surface area (Å²) in [7, 11) is 0. The third kappa shape index (κ3) is 3.79. The normalized spacial score (nSPS) is 11.3. The lowest BCUT2D eigenvalue weighted by atomic mass is 9.83. The highest BCUT2D eigenvalue weighted by Crippen LogP contribution is 2.25. The van der Waals surface area contributed by atoms with Gasteiger partial charge in [-0.05, 0) is 57.9 Å². The van der Waals surface area contributed by atoms with Gasteiger partial charge < -0.3 is 10.4 Å². The zero-order valence-corrected chi connectivity index (χ0v) is 16.1.